The minimum absolute atomic E-state index is 0.216. The van der Waals surface area contributed by atoms with Crippen molar-refractivity contribution in [1.82, 2.24) is 0 Å². The Morgan fingerprint density at radius 1 is 1.50 bits per heavy atom. The summed E-state index contributed by atoms with van der Waals surface area (Å²) in [4.78, 5) is 0. The molecule has 0 aliphatic carbocycles. The molecule has 0 radical (unpaired) electrons. The maximum Gasteiger partial charge on any atom is 0.151 e. The van der Waals surface area contributed by atoms with Crippen molar-refractivity contribution in [3.63, 3.8) is 0 Å². The van der Waals surface area contributed by atoms with Crippen LogP contribution in [0.25, 0.3) is 0 Å². The summed E-state index contributed by atoms with van der Waals surface area (Å²) < 4.78 is 0.931. The summed E-state index contributed by atoms with van der Waals surface area (Å²) in [5.41, 5.74) is 5.16. The van der Waals surface area contributed by atoms with Crippen LogP contribution in [-0.2, 0) is 0 Å². The van der Waals surface area contributed by atoms with E-state index in [-0.39, 0.29) is 5.17 Å². The van der Waals surface area contributed by atoms with Gasteiger partial charge in [-0.15, -0.1) is 0 Å². The lowest BCUT2D eigenvalue weighted by Crippen LogP contribution is -2.36. The van der Waals surface area contributed by atoms with E-state index in [0.29, 0.717) is 0 Å². The summed E-state index contributed by atoms with van der Waals surface area (Å²) >= 11 is 1.40. The molecule has 3 N–H and O–H groups in total. The first-order valence-corrected chi connectivity index (χ1v) is 4.17. The second-order valence-electron chi connectivity index (χ2n) is 3.23. The molecule has 0 rings (SSSR count). The minimum Gasteiger partial charge on any atom is -0.379 e. The fraction of sp³-hybridized carbons (Fsp3) is 0.833. The molecule has 0 saturated carbocycles. The van der Waals surface area contributed by atoms with E-state index in [4.69, 9.17) is 11.1 Å². The molecule has 4 heteroatoms. The fourth-order valence-electron chi connectivity index (χ4n) is 0.429. The number of hydrogen-bond donors (Lipinski definition) is 2. The monoisotopic (exact) mass is 162 g/mol. The number of quaternary nitrogens is 1. The third-order valence-electron chi connectivity index (χ3n) is 1.02. The van der Waals surface area contributed by atoms with Gasteiger partial charge >= 0.3 is 0 Å². The topological polar surface area (TPSA) is 49.9 Å². The van der Waals surface area contributed by atoms with Crippen LogP contribution in [0.15, 0.2) is 0 Å². The predicted molar refractivity (Wildman–Crippen MR) is 47.3 cm³/mol. The van der Waals surface area contributed by atoms with Crippen molar-refractivity contribution in [1.29, 1.82) is 5.41 Å². The highest BCUT2D eigenvalue weighted by Gasteiger charge is 2.05. The molecule has 0 aromatic heterocycles. The van der Waals surface area contributed by atoms with Gasteiger partial charge in [-0.25, -0.2) is 0 Å². The Kier molecular flexibility index (Phi) is 3.75. The van der Waals surface area contributed by atoms with Gasteiger partial charge in [0, 0.05) is 0 Å². The minimum atomic E-state index is 0.216. The van der Waals surface area contributed by atoms with Gasteiger partial charge in [0.1, 0.15) is 0 Å². The molecule has 3 nitrogen and oxygen atoms in total. The Morgan fingerprint density at radius 3 is 2.30 bits per heavy atom. The number of nitrogens with zero attached hydrogens (tertiary/aromatic N) is 1. The molecule has 0 amide bonds. The van der Waals surface area contributed by atoms with Crippen LogP contribution in [0.3, 0.4) is 0 Å². The van der Waals surface area contributed by atoms with Crippen molar-refractivity contribution in [2.45, 2.75) is 0 Å². The van der Waals surface area contributed by atoms with Gasteiger partial charge in [0.05, 0.1) is 33.4 Å². The molecule has 0 fully saturated rings. The lowest BCUT2D eigenvalue weighted by Gasteiger charge is -2.23. The van der Waals surface area contributed by atoms with E-state index in [2.05, 4.69) is 21.1 Å². The smallest absolute Gasteiger partial charge is 0.151 e. The highest BCUT2D eigenvalue weighted by atomic mass is 32.2. The van der Waals surface area contributed by atoms with E-state index in [0.717, 1.165) is 16.8 Å². The third kappa shape index (κ3) is 7.78. The molecule has 0 aromatic carbocycles. The summed E-state index contributed by atoms with van der Waals surface area (Å²) in [6.45, 7) is 1.05. The highest BCUT2D eigenvalue weighted by molar-refractivity contribution is 8.13. The maximum absolute atomic E-state index is 6.94. The lowest BCUT2D eigenvalue weighted by atomic mass is 10.6. The van der Waals surface area contributed by atoms with E-state index in [1.807, 2.05) is 0 Å². The van der Waals surface area contributed by atoms with Crippen LogP contribution in [0.4, 0.5) is 0 Å². The summed E-state index contributed by atoms with van der Waals surface area (Å²) in [6.07, 6.45) is 0. The zero-order valence-corrected chi connectivity index (χ0v) is 7.66. The van der Waals surface area contributed by atoms with Gasteiger partial charge in [-0.1, -0.05) is 11.8 Å². The Balaban J connectivity index is 3.29. The maximum atomic E-state index is 6.94. The third-order valence-corrected chi connectivity index (χ3v) is 1.72. The van der Waals surface area contributed by atoms with Crippen LogP contribution in [0.1, 0.15) is 0 Å². The van der Waals surface area contributed by atoms with Gasteiger partial charge in [0.15, 0.2) is 5.17 Å². The van der Waals surface area contributed by atoms with Crippen LogP contribution >= 0.6 is 11.8 Å². The predicted octanol–water partition coefficient (Wildman–Crippen LogP) is 0.319. The Labute approximate surface area is 66.7 Å². The van der Waals surface area contributed by atoms with Crippen molar-refractivity contribution >= 4 is 16.9 Å². The van der Waals surface area contributed by atoms with Crippen LogP contribution in [0, 0.1) is 5.41 Å². The Morgan fingerprint density at radius 2 is 2.00 bits per heavy atom. The standard InChI is InChI=1S/C6H16N3S/c1-9(2,3)4-5-10-6(7)8/h4-5H2,1-3H3,(H3,7,8)/q+1. The van der Waals surface area contributed by atoms with Crippen molar-refractivity contribution in [3.05, 3.63) is 0 Å². The first kappa shape index (κ1) is 9.78. The van der Waals surface area contributed by atoms with Crippen LogP contribution in [0.5, 0.6) is 0 Å². The molecule has 0 spiro atoms. The van der Waals surface area contributed by atoms with E-state index in [1.54, 1.807) is 0 Å². The number of amidine groups is 1. The van der Waals surface area contributed by atoms with Crippen molar-refractivity contribution in [3.8, 4) is 0 Å². The molecule has 0 saturated heterocycles. The van der Waals surface area contributed by atoms with Gasteiger partial charge in [0.25, 0.3) is 0 Å². The van der Waals surface area contributed by atoms with Crippen LogP contribution in [-0.4, -0.2) is 43.1 Å². The molecule has 0 aliphatic heterocycles. The number of hydrogen-bond acceptors (Lipinski definition) is 2. The Bertz CT molecular complexity index is 117. The highest BCUT2D eigenvalue weighted by Crippen LogP contribution is 2.00. The molecular weight excluding hydrogens is 146 g/mol. The average Bonchev–Trinajstić information content (AvgIpc) is 1.59. The SMILES string of the molecule is C[N+](C)(C)CCSC(=N)N. The zero-order valence-electron chi connectivity index (χ0n) is 6.85. The van der Waals surface area contributed by atoms with Gasteiger partial charge in [-0.3, -0.25) is 5.41 Å². The number of nitrogens with two attached hydrogens (primary N) is 1. The second kappa shape index (κ2) is 3.83. The summed E-state index contributed by atoms with van der Waals surface area (Å²) in [7, 11) is 6.38. The fourth-order valence-corrected chi connectivity index (χ4v) is 1.29. The molecule has 10 heavy (non-hydrogen) atoms. The van der Waals surface area contributed by atoms with Gasteiger partial charge < -0.3 is 10.2 Å². The van der Waals surface area contributed by atoms with E-state index < -0.39 is 0 Å². The quantitative estimate of drug-likeness (QED) is 0.357. The molecule has 0 aromatic rings. The van der Waals surface area contributed by atoms with Crippen molar-refractivity contribution in [2.75, 3.05) is 33.4 Å². The van der Waals surface area contributed by atoms with Crippen molar-refractivity contribution in [2.24, 2.45) is 5.73 Å². The molecule has 60 valence electrons. The zero-order chi connectivity index (χ0) is 8.20. The van der Waals surface area contributed by atoms with Gasteiger partial charge in [0.2, 0.25) is 0 Å². The van der Waals surface area contributed by atoms with E-state index in [9.17, 15) is 0 Å². The first-order chi connectivity index (χ1) is 4.42. The summed E-state index contributed by atoms with van der Waals surface area (Å²) in [5.74, 6) is 0.929. The number of thioether (sulfide) groups is 1. The lowest BCUT2D eigenvalue weighted by molar-refractivity contribution is -0.867. The average molecular weight is 162 g/mol. The molecule has 0 atom stereocenters. The van der Waals surface area contributed by atoms with Crippen LogP contribution in [0.2, 0.25) is 0 Å². The van der Waals surface area contributed by atoms with Gasteiger partial charge in [-0.2, -0.15) is 0 Å². The summed E-state index contributed by atoms with van der Waals surface area (Å²) in [6, 6.07) is 0. The number of nitrogens with one attached hydrogen (secondary N) is 1. The molecule has 0 bridgehead atoms. The first-order valence-electron chi connectivity index (χ1n) is 3.19. The van der Waals surface area contributed by atoms with Crippen LogP contribution < -0.4 is 5.73 Å². The molecular formula is C6H16N3S+. The molecule has 0 heterocycles. The van der Waals surface area contributed by atoms with Gasteiger partial charge in [-0.05, 0) is 0 Å². The van der Waals surface area contributed by atoms with E-state index in [1.165, 1.54) is 11.8 Å². The Hall–Kier alpha value is -0.220. The molecule has 0 unspecified atom stereocenters. The number of rotatable bonds is 3. The van der Waals surface area contributed by atoms with Crippen molar-refractivity contribution < 1.29 is 4.48 Å². The summed E-state index contributed by atoms with van der Waals surface area (Å²) in [5, 5.41) is 7.15. The van der Waals surface area contributed by atoms with E-state index >= 15 is 0 Å². The second-order valence-corrected chi connectivity index (χ2v) is 4.36. The molecule has 0 aliphatic rings. The normalized spacial score (nSPS) is 11.5. The largest absolute Gasteiger partial charge is 0.379 e.